The summed E-state index contributed by atoms with van der Waals surface area (Å²) in [6.45, 7) is 7.36. The first-order chi connectivity index (χ1) is 13.7. The zero-order valence-corrected chi connectivity index (χ0v) is 19.2. The van der Waals surface area contributed by atoms with Crippen molar-refractivity contribution in [2.45, 2.75) is 32.9 Å². The van der Waals surface area contributed by atoms with Crippen LogP contribution in [0.15, 0.2) is 47.6 Å². The molecule has 3 rings (SSSR count). The minimum Gasteiger partial charge on any atom is -0.494 e. The average molecular weight is 512 g/mol. The Balaban J connectivity index is 0.00000300. The Morgan fingerprint density at radius 2 is 2.00 bits per heavy atom. The van der Waals surface area contributed by atoms with Crippen molar-refractivity contribution in [1.29, 1.82) is 0 Å². The number of aliphatic hydroxyl groups excluding tert-OH is 1. The first kappa shape index (κ1) is 23.2. The van der Waals surface area contributed by atoms with Crippen molar-refractivity contribution in [3.05, 3.63) is 48.2 Å². The lowest BCUT2D eigenvalue weighted by molar-refractivity contribution is 0.188. The Hall–Kier alpha value is -2.07. The molecule has 0 unspecified atom stereocenters. The van der Waals surface area contributed by atoms with Crippen molar-refractivity contribution >= 4 is 29.9 Å². The van der Waals surface area contributed by atoms with E-state index in [-0.39, 0.29) is 30.1 Å². The van der Waals surface area contributed by atoms with Gasteiger partial charge in [0.25, 0.3) is 0 Å². The van der Waals surface area contributed by atoms with Crippen molar-refractivity contribution in [2.75, 3.05) is 26.2 Å². The third-order valence-corrected chi connectivity index (χ3v) is 4.37. The van der Waals surface area contributed by atoms with Gasteiger partial charge in [0.15, 0.2) is 5.96 Å². The number of rotatable bonds is 7. The molecule has 8 heteroatoms. The molecule has 0 saturated carbocycles. The van der Waals surface area contributed by atoms with Crippen molar-refractivity contribution in [3.63, 3.8) is 0 Å². The fourth-order valence-electron chi connectivity index (χ4n) is 3.02. The van der Waals surface area contributed by atoms with Gasteiger partial charge in [0.1, 0.15) is 11.5 Å². The van der Waals surface area contributed by atoms with Crippen LogP contribution in [0.2, 0.25) is 0 Å². The van der Waals surface area contributed by atoms with E-state index < -0.39 is 0 Å². The van der Waals surface area contributed by atoms with Gasteiger partial charge in [0.2, 0.25) is 5.88 Å². The summed E-state index contributed by atoms with van der Waals surface area (Å²) in [6, 6.07) is 11.3. The highest BCUT2D eigenvalue weighted by Crippen LogP contribution is 2.23. The average Bonchev–Trinajstić information content (AvgIpc) is 3.13. The monoisotopic (exact) mass is 512 g/mol. The third kappa shape index (κ3) is 7.04. The number of aromatic nitrogens is 1. The van der Waals surface area contributed by atoms with E-state index in [1.807, 2.05) is 50.2 Å². The molecule has 2 aromatic rings. The first-order valence-corrected chi connectivity index (χ1v) is 9.75. The number of pyridine rings is 1. The fourth-order valence-corrected chi connectivity index (χ4v) is 3.02. The molecule has 2 N–H and O–H groups in total. The molecule has 0 amide bonds. The smallest absolute Gasteiger partial charge is 0.219 e. The van der Waals surface area contributed by atoms with E-state index in [9.17, 15) is 5.11 Å². The summed E-state index contributed by atoms with van der Waals surface area (Å²) in [7, 11) is 0. The molecular weight excluding hydrogens is 483 g/mol. The van der Waals surface area contributed by atoms with Gasteiger partial charge in [-0.1, -0.05) is 0 Å². The number of benzene rings is 1. The predicted octanol–water partition coefficient (Wildman–Crippen LogP) is 3.42. The maximum Gasteiger partial charge on any atom is 0.219 e. The molecule has 7 nitrogen and oxygen atoms in total. The topological polar surface area (TPSA) is 79.2 Å². The van der Waals surface area contributed by atoms with Crippen LogP contribution >= 0.6 is 24.0 Å². The zero-order chi connectivity index (χ0) is 19.8. The normalized spacial score (nSPS) is 16.3. The molecule has 1 saturated heterocycles. The number of guanidine groups is 1. The van der Waals surface area contributed by atoms with Crippen LogP contribution in [0, 0.1) is 0 Å². The summed E-state index contributed by atoms with van der Waals surface area (Å²) >= 11 is 0. The van der Waals surface area contributed by atoms with Crippen LogP contribution in [0.3, 0.4) is 0 Å². The van der Waals surface area contributed by atoms with Crippen molar-refractivity contribution < 1.29 is 14.6 Å². The molecule has 1 atom stereocenters. The van der Waals surface area contributed by atoms with Crippen LogP contribution in [-0.4, -0.2) is 53.3 Å². The Morgan fingerprint density at radius 3 is 2.66 bits per heavy atom. The first-order valence-electron chi connectivity index (χ1n) is 9.75. The number of hydrogen-bond acceptors (Lipinski definition) is 5. The minimum atomic E-state index is -0.279. The number of nitrogens with one attached hydrogen (secondary N) is 1. The van der Waals surface area contributed by atoms with E-state index in [0.717, 1.165) is 36.8 Å². The molecule has 1 aromatic carbocycles. The van der Waals surface area contributed by atoms with Crippen molar-refractivity contribution in [3.8, 4) is 17.4 Å². The van der Waals surface area contributed by atoms with E-state index in [4.69, 9.17) is 14.5 Å². The van der Waals surface area contributed by atoms with Gasteiger partial charge in [-0.2, -0.15) is 0 Å². The standard InChI is InChI=1S/C21H28N4O3.HI/c1-3-22-21(25-12-10-17(26)15-25)24-14-16-9-11-23-20(13-16)28-19-7-5-18(6-8-19)27-4-2;/h5-9,11,13,17,26H,3-4,10,12,14-15H2,1-2H3,(H,22,24);1H/t17-;/m1./s1. The second kappa shape index (κ2) is 11.8. The fraction of sp³-hybridized carbons (Fsp3) is 0.429. The van der Waals surface area contributed by atoms with Crippen LogP contribution in [-0.2, 0) is 6.54 Å². The molecule has 0 spiro atoms. The van der Waals surface area contributed by atoms with Crippen LogP contribution in [0.25, 0.3) is 0 Å². The van der Waals surface area contributed by atoms with E-state index in [2.05, 4.69) is 15.2 Å². The quantitative estimate of drug-likeness (QED) is 0.337. The second-order valence-electron chi connectivity index (χ2n) is 6.57. The molecule has 1 aromatic heterocycles. The Labute approximate surface area is 189 Å². The van der Waals surface area contributed by atoms with Gasteiger partial charge in [-0.25, -0.2) is 9.98 Å². The van der Waals surface area contributed by atoms with Gasteiger partial charge in [-0.05, 0) is 56.2 Å². The summed E-state index contributed by atoms with van der Waals surface area (Å²) in [5.41, 5.74) is 1.01. The summed E-state index contributed by atoms with van der Waals surface area (Å²) in [5.74, 6) is 2.87. The maximum atomic E-state index is 9.77. The zero-order valence-electron chi connectivity index (χ0n) is 16.9. The summed E-state index contributed by atoms with van der Waals surface area (Å²) in [6.07, 6.45) is 2.22. The lowest BCUT2D eigenvalue weighted by Crippen LogP contribution is -2.40. The number of nitrogens with zero attached hydrogens (tertiary/aromatic N) is 3. The van der Waals surface area contributed by atoms with Crippen LogP contribution in [0.1, 0.15) is 25.8 Å². The lowest BCUT2D eigenvalue weighted by atomic mass is 10.2. The molecule has 29 heavy (non-hydrogen) atoms. The number of halogens is 1. The van der Waals surface area contributed by atoms with Crippen LogP contribution < -0.4 is 14.8 Å². The molecule has 158 valence electrons. The number of β-amino-alcohol motifs (C(OH)–C–C–N with tert-alkyl or cyclic N) is 1. The molecule has 1 aliphatic rings. The summed E-state index contributed by atoms with van der Waals surface area (Å²) < 4.78 is 11.3. The Bertz CT molecular complexity index is 786. The summed E-state index contributed by atoms with van der Waals surface area (Å²) in [5, 5.41) is 13.1. The van der Waals surface area contributed by atoms with E-state index in [1.165, 1.54) is 0 Å². The van der Waals surface area contributed by atoms with Crippen molar-refractivity contribution in [2.24, 2.45) is 4.99 Å². The molecule has 0 radical (unpaired) electrons. The molecule has 1 aliphatic heterocycles. The van der Waals surface area contributed by atoms with Gasteiger partial charge in [0.05, 0.1) is 19.3 Å². The highest BCUT2D eigenvalue weighted by atomic mass is 127. The van der Waals surface area contributed by atoms with E-state index in [1.54, 1.807) is 6.20 Å². The Morgan fingerprint density at radius 1 is 1.24 bits per heavy atom. The maximum absolute atomic E-state index is 9.77. The largest absolute Gasteiger partial charge is 0.494 e. The second-order valence-corrected chi connectivity index (χ2v) is 6.57. The summed E-state index contributed by atoms with van der Waals surface area (Å²) in [4.78, 5) is 11.1. The van der Waals surface area contributed by atoms with Crippen LogP contribution in [0.4, 0.5) is 0 Å². The van der Waals surface area contributed by atoms with E-state index >= 15 is 0 Å². The number of ether oxygens (including phenoxy) is 2. The lowest BCUT2D eigenvalue weighted by Gasteiger charge is -2.20. The van der Waals surface area contributed by atoms with Gasteiger partial charge in [0, 0.05) is 31.9 Å². The SMILES string of the molecule is CCNC(=NCc1ccnc(Oc2ccc(OCC)cc2)c1)N1CC[C@@H](O)C1.I. The number of hydrogen-bond donors (Lipinski definition) is 2. The highest BCUT2D eigenvalue weighted by Gasteiger charge is 2.22. The van der Waals surface area contributed by atoms with Gasteiger partial charge in [-0.3, -0.25) is 0 Å². The van der Waals surface area contributed by atoms with Gasteiger partial charge < -0.3 is 24.8 Å². The Kier molecular flexibility index (Phi) is 9.46. The van der Waals surface area contributed by atoms with E-state index in [0.29, 0.717) is 31.3 Å². The van der Waals surface area contributed by atoms with Crippen LogP contribution in [0.5, 0.6) is 17.4 Å². The third-order valence-electron chi connectivity index (χ3n) is 4.37. The number of aliphatic hydroxyl groups is 1. The highest BCUT2D eigenvalue weighted by molar-refractivity contribution is 14.0. The number of aliphatic imine (C=N–C) groups is 1. The van der Waals surface area contributed by atoms with Crippen molar-refractivity contribution in [1.82, 2.24) is 15.2 Å². The molecule has 2 heterocycles. The molecule has 0 bridgehead atoms. The van der Waals surface area contributed by atoms with Gasteiger partial charge in [-0.15, -0.1) is 24.0 Å². The molecule has 1 fully saturated rings. The van der Waals surface area contributed by atoms with Gasteiger partial charge >= 0.3 is 0 Å². The molecule has 0 aliphatic carbocycles. The molecular formula is C21H29IN4O3. The minimum absolute atomic E-state index is 0. The predicted molar refractivity (Wildman–Crippen MR) is 124 cm³/mol. The number of likely N-dealkylation sites (tertiary alicyclic amines) is 1.